The number of aromatic nitrogens is 2. The van der Waals surface area contributed by atoms with Crippen molar-refractivity contribution < 1.29 is 9.84 Å². The molecule has 1 aromatic heterocycles. The number of imidazole rings is 1. The molecule has 2 heterocycles. The normalized spacial score (nSPS) is 27.9. The van der Waals surface area contributed by atoms with Gasteiger partial charge in [-0.15, -0.1) is 0 Å². The highest BCUT2D eigenvalue weighted by molar-refractivity contribution is 4.99. The summed E-state index contributed by atoms with van der Waals surface area (Å²) >= 11 is 0. The summed E-state index contributed by atoms with van der Waals surface area (Å²) in [5.41, 5.74) is 0. The predicted octanol–water partition coefficient (Wildman–Crippen LogP) is 0.880. The molecular formula is C10H16N2O2. The summed E-state index contributed by atoms with van der Waals surface area (Å²) in [5.74, 6) is 1.12. The van der Waals surface area contributed by atoms with Crippen LogP contribution < -0.4 is 0 Å². The maximum atomic E-state index is 9.23. The van der Waals surface area contributed by atoms with Crippen LogP contribution in [-0.4, -0.2) is 27.9 Å². The Morgan fingerprint density at radius 1 is 1.71 bits per heavy atom. The van der Waals surface area contributed by atoms with Crippen LogP contribution in [0.5, 0.6) is 0 Å². The van der Waals surface area contributed by atoms with Gasteiger partial charge < -0.3 is 14.4 Å². The molecule has 0 bridgehead atoms. The van der Waals surface area contributed by atoms with Crippen molar-refractivity contribution >= 4 is 0 Å². The van der Waals surface area contributed by atoms with Crippen molar-refractivity contribution in [2.45, 2.75) is 18.9 Å². The highest BCUT2D eigenvalue weighted by atomic mass is 16.5. The van der Waals surface area contributed by atoms with Gasteiger partial charge in [-0.2, -0.15) is 0 Å². The van der Waals surface area contributed by atoms with Crippen molar-refractivity contribution in [3.63, 3.8) is 0 Å². The third kappa shape index (κ3) is 1.67. The minimum Gasteiger partial charge on any atom is -0.396 e. The van der Waals surface area contributed by atoms with Crippen LogP contribution in [0.1, 0.15) is 24.8 Å². The summed E-state index contributed by atoms with van der Waals surface area (Å²) in [5, 5.41) is 9.23. The summed E-state index contributed by atoms with van der Waals surface area (Å²) in [6, 6.07) is 0. The van der Waals surface area contributed by atoms with Gasteiger partial charge in [-0.1, -0.05) is 0 Å². The van der Waals surface area contributed by atoms with Crippen LogP contribution >= 0.6 is 0 Å². The summed E-state index contributed by atoms with van der Waals surface area (Å²) in [4.78, 5) is 4.26. The Kier molecular flexibility index (Phi) is 2.84. The largest absolute Gasteiger partial charge is 0.396 e. The number of aliphatic hydroxyl groups excluding tert-OH is 1. The number of rotatable bonds is 2. The second kappa shape index (κ2) is 4.11. The van der Waals surface area contributed by atoms with Crippen molar-refractivity contribution in [3.05, 3.63) is 18.2 Å². The average molecular weight is 196 g/mol. The highest BCUT2D eigenvalue weighted by Crippen LogP contribution is 2.31. The van der Waals surface area contributed by atoms with Gasteiger partial charge in [0.15, 0.2) is 0 Å². The van der Waals surface area contributed by atoms with E-state index in [1.54, 1.807) is 6.20 Å². The third-order valence-corrected chi connectivity index (χ3v) is 2.79. The number of nitrogens with zero attached hydrogens (tertiary/aromatic N) is 2. The van der Waals surface area contributed by atoms with E-state index in [0.29, 0.717) is 0 Å². The third-order valence-electron chi connectivity index (χ3n) is 2.79. The molecule has 1 aliphatic rings. The van der Waals surface area contributed by atoms with Gasteiger partial charge in [0.1, 0.15) is 11.9 Å². The molecule has 1 N–H and O–H groups in total. The monoisotopic (exact) mass is 196 g/mol. The van der Waals surface area contributed by atoms with Gasteiger partial charge in [0, 0.05) is 38.6 Å². The molecule has 2 atom stereocenters. The molecule has 0 spiro atoms. The van der Waals surface area contributed by atoms with E-state index in [2.05, 4.69) is 4.98 Å². The first-order chi connectivity index (χ1) is 6.83. The van der Waals surface area contributed by atoms with Crippen LogP contribution in [0, 0.1) is 5.92 Å². The lowest BCUT2D eigenvalue weighted by molar-refractivity contribution is -0.0516. The minimum atomic E-state index is -0.0336. The van der Waals surface area contributed by atoms with Gasteiger partial charge in [-0.25, -0.2) is 4.98 Å². The van der Waals surface area contributed by atoms with E-state index in [9.17, 15) is 5.11 Å². The van der Waals surface area contributed by atoms with Crippen LogP contribution in [0.2, 0.25) is 0 Å². The summed E-state index contributed by atoms with van der Waals surface area (Å²) in [6.07, 6.45) is 5.69. The molecule has 1 fully saturated rings. The van der Waals surface area contributed by atoms with E-state index in [4.69, 9.17) is 4.74 Å². The van der Waals surface area contributed by atoms with Crippen LogP contribution in [-0.2, 0) is 11.8 Å². The van der Waals surface area contributed by atoms with Crippen molar-refractivity contribution in [2.24, 2.45) is 13.0 Å². The molecule has 4 heteroatoms. The molecule has 1 saturated heterocycles. The van der Waals surface area contributed by atoms with E-state index in [0.717, 1.165) is 25.3 Å². The molecule has 0 saturated carbocycles. The van der Waals surface area contributed by atoms with Crippen molar-refractivity contribution in [1.82, 2.24) is 9.55 Å². The topological polar surface area (TPSA) is 47.3 Å². The van der Waals surface area contributed by atoms with Gasteiger partial charge in [0.05, 0.1) is 0 Å². The van der Waals surface area contributed by atoms with E-state index >= 15 is 0 Å². The average Bonchev–Trinajstić information content (AvgIpc) is 2.64. The Labute approximate surface area is 83.5 Å². The van der Waals surface area contributed by atoms with Crippen molar-refractivity contribution in [3.8, 4) is 0 Å². The van der Waals surface area contributed by atoms with Gasteiger partial charge in [-0.3, -0.25) is 0 Å². The Bertz CT molecular complexity index is 298. The van der Waals surface area contributed by atoms with E-state index in [1.165, 1.54) is 0 Å². The van der Waals surface area contributed by atoms with Crippen molar-refractivity contribution in [2.75, 3.05) is 13.2 Å². The predicted molar refractivity (Wildman–Crippen MR) is 51.7 cm³/mol. The minimum absolute atomic E-state index is 0.0336. The molecule has 4 nitrogen and oxygen atoms in total. The summed E-state index contributed by atoms with van der Waals surface area (Å²) < 4.78 is 7.62. The lowest BCUT2D eigenvalue weighted by Crippen LogP contribution is -2.27. The Morgan fingerprint density at radius 3 is 3.21 bits per heavy atom. The fourth-order valence-corrected chi connectivity index (χ4v) is 1.97. The first kappa shape index (κ1) is 9.68. The molecule has 14 heavy (non-hydrogen) atoms. The first-order valence-electron chi connectivity index (χ1n) is 5.02. The second-order valence-corrected chi connectivity index (χ2v) is 3.77. The zero-order valence-corrected chi connectivity index (χ0v) is 8.39. The Balaban J connectivity index is 2.19. The van der Waals surface area contributed by atoms with E-state index in [-0.39, 0.29) is 18.6 Å². The second-order valence-electron chi connectivity index (χ2n) is 3.77. The summed E-state index contributed by atoms with van der Waals surface area (Å²) in [7, 11) is 1.95. The fraction of sp³-hybridized carbons (Fsp3) is 0.700. The number of aryl methyl sites for hydroxylation is 1. The van der Waals surface area contributed by atoms with E-state index in [1.807, 2.05) is 17.8 Å². The Morgan fingerprint density at radius 2 is 2.57 bits per heavy atom. The fourth-order valence-electron chi connectivity index (χ4n) is 1.97. The standard InChI is InChI=1S/C10H16N2O2/c1-12-5-4-11-10(12)9-8(7-13)3-2-6-14-9/h4-5,8-9,13H,2-3,6-7H2,1H3. The zero-order chi connectivity index (χ0) is 9.97. The van der Waals surface area contributed by atoms with Crippen molar-refractivity contribution in [1.29, 1.82) is 0 Å². The van der Waals surface area contributed by atoms with Gasteiger partial charge in [0.2, 0.25) is 0 Å². The maximum absolute atomic E-state index is 9.23. The SMILES string of the molecule is Cn1ccnc1C1OCCCC1CO. The van der Waals surface area contributed by atoms with E-state index < -0.39 is 0 Å². The van der Waals surface area contributed by atoms with Crippen LogP contribution in [0.15, 0.2) is 12.4 Å². The number of hydrogen-bond acceptors (Lipinski definition) is 3. The molecule has 1 aliphatic heterocycles. The molecule has 0 radical (unpaired) electrons. The molecule has 78 valence electrons. The Hall–Kier alpha value is -0.870. The molecule has 1 aromatic rings. The molecule has 0 aliphatic carbocycles. The molecule has 0 amide bonds. The molecule has 2 unspecified atom stereocenters. The molecule has 2 rings (SSSR count). The van der Waals surface area contributed by atoms with Crippen LogP contribution in [0.25, 0.3) is 0 Å². The number of hydrogen-bond donors (Lipinski definition) is 1. The van der Waals surface area contributed by atoms with Gasteiger partial charge >= 0.3 is 0 Å². The highest BCUT2D eigenvalue weighted by Gasteiger charge is 2.29. The summed E-state index contributed by atoms with van der Waals surface area (Å²) in [6.45, 7) is 0.950. The first-order valence-corrected chi connectivity index (χ1v) is 5.02. The van der Waals surface area contributed by atoms with Gasteiger partial charge in [0.25, 0.3) is 0 Å². The lowest BCUT2D eigenvalue weighted by Gasteiger charge is -2.29. The van der Waals surface area contributed by atoms with Gasteiger partial charge in [-0.05, 0) is 12.8 Å². The molecule has 0 aromatic carbocycles. The number of ether oxygens (including phenoxy) is 1. The number of aliphatic hydroxyl groups is 1. The maximum Gasteiger partial charge on any atom is 0.138 e. The van der Waals surface area contributed by atoms with Crippen LogP contribution in [0.3, 0.4) is 0 Å². The molecular weight excluding hydrogens is 180 g/mol. The van der Waals surface area contributed by atoms with Crippen LogP contribution in [0.4, 0.5) is 0 Å². The lowest BCUT2D eigenvalue weighted by atomic mass is 9.94. The zero-order valence-electron chi connectivity index (χ0n) is 8.39. The smallest absolute Gasteiger partial charge is 0.138 e. The quantitative estimate of drug-likeness (QED) is 0.763.